The van der Waals surface area contributed by atoms with Gasteiger partial charge in [0.2, 0.25) is 0 Å². The van der Waals surface area contributed by atoms with Crippen LogP contribution >= 0.6 is 0 Å². The number of rotatable bonds is 7. The Labute approximate surface area is 189 Å². The molecule has 1 atom stereocenters. The molecule has 0 fully saturated rings. The van der Waals surface area contributed by atoms with Gasteiger partial charge in [-0.2, -0.15) is 0 Å². The van der Waals surface area contributed by atoms with Crippen LogP contribution in [0.3, 0.4) is 0 Å². The second-order valence-electron chi connectivity index (χ2n) is 7.85. The van der Waals surface area contributed by atoms with Gasteiger partial charge in [0.25, 0.3) is 0 Å². The van der Waals surface area contributed by atoms with Crippen molar-refractivity contribution in [1.29, 1.82) is 0 Å². The molecular weight excluding hydrogens is 408 g/mol. The molecule has 1 aliphatic heterocycles. The van der Waals surface area contributed by atoms with Crippen molar-refractivity contribution in [3.05, 3.63) is 52.6 Å². The lowest BCUT2D eigenvalue weighted by Gasteiger charge is -2.37. The minimum atomic E-state index is -0.466. The Morgan fingerprint density at radius 1 is 1.06 bits per heavy atom. The van der Waals surface area contributed by atoms with Gasteiger partial charge in [0.05, 0.1) is 32.8 Å². The topological polar surface area (TPSA) is 77.1 Å². The molecule has 1 N–H and O–H groups in total. The maximum absolute atomic E-state index is 13.3. The second kappa shape index (κ2) is 10.4. The quantitative estimate of drug-likeness (QED) is 0.626. The Hall–Kier alpha value is -3.22. The lowest BCUT2D eigenvalue weighted by molar-refractivity contribution is -0.141. The zero-order valence-electron chi connectivity index (χ0n) is 19.5. The van der Waals surface area contributed by atoms with Crippen molar-refractivity contribution in [2.24, 2.45) is 0 Å². The van der Waals surface area contributed by atoms with Crippen LogP contribution in [0, 0.1) is 13.8 Å². The van der Waals surface area contributed by atoms with E-state index in [9.17, 15) is 9.59 Å². The summed E-state index contributed by atoms with van der Waals surface area (Å²) in [6.45, 7) is 9.25. The molecule has 32 heavy (non-hydrogen) atoms. The predicted octanol–water partition coefficient (Wildman–Crippen LogP) is 4.80. The zero-order chi connectivity index (χ0) is 23.3. The summed E-state index contributed by atoms with van der Waals surface area (Å²) in [7, 11) is 1.36. The summed E-state index contributed by atoms with van der Waals surface area (Å²) in [5, 5.41) is 3.02. The van der Waals surface area contributed by atoms with E-state index in [4.69, 9.17) is 14.2 Å². The van der Waals surface area contributed by atoms with Gasteiger partial charge in [-0.25, -0.2) is 4.79 Å². The normalized spacial score (nSPS) is 15.0. The summed E-state index contributed by atoms with van der Waals surface area (Å²) < 4.78 is 16.5. The molecule has 0 spiro atoms. The van der Waals surface area contributed by atoms with Crippen LogP contribution in [0.1, 0.15) is 48.6 Å². The number of carbonyl (C=O) groups excluding carboxylic acids is 2. The molecule has 2 aromatic rings. The molecule has 0 unspecified atom stereocenters. The van der Waals surface area contributed by atoms with Gasteiger partial charge in [0.1, 0.15) is 0 Å². The van der Waals surface area contributed by atoms with Crippen molar-refractivity contribution in [2.45, 2.75) is 46.6 Å². The summed E-state index contributed by atoms with van der Waals surface area (Å²) in [6.07, 6.45) is 0.711. The van der Waals surface area contributed by atoms with Crippen molar-refractivity contribution in [3.63, 3.8) is 0 Å². The van der Waals surface area contributed by atoms with Crippen LogP contribution < -0.4 is 14.8 Å². The molecule has 1 heterocycles. The van der Waals surface area contributed by atoms with Gasteiger partial charge < -0.3 is 24.4 Å². The minimum Gasteiger partial charge on any atom is -0.490 e. The minimum absolute atomic E-state index is 0.0588. The largest absolute Gasteiger partial charge is 0.490 e. The summed E-state index contributed by atoms with van der Waals surface area (Å²) in [6, 6.07) is 9.08. The lowest BCUT2D eigenvalue weighted by Crippen LogP contribution is -2.43. The maximum atomic E-state index is 13.3. The Bertz CT molecular complexity index is 989. The van der Waals surface area contributed by atoms with Gasteiger partial charge in [-0.05, 0) is 74.6 Å². The maximum Gasteiger partial charge on any atom is 0.322 e. The molecule has 1 aliphatic rings. The van der Waals surface area contributed by atoms with Gasteiger partial charge in [-0.1, -0.05) is 12.1 Å². The number of carbonyl (C=O) groups is 2. The third-order valence-electron chi connectivity index (χ3n) is 5.65. The molecule has 0 aliphatic carbocycles. The van der Waals surface area contributed by atoms with Crippen LogP contribution in [0.2, 0.25) is 0 Å². The number of fused-ring (bicyclic) bond motifs is 1. The van der Waals surface area contributed by atoms with Gasteiger partial charge in [0, 0.05) is 12.2 Å². The number of anilines is 1. The molecule has 0 aromatic heterocycles. The number of hydrogen-bond acceptors (Lipinski definition) is 5. The van der Waals surface area contributed by atoms with E-state index in [2.05, 4.69) is 5.32 Å². The number of ether oxygens (including phenoxy) is 3. The molecule has 0 bridgehead atoms. The number of nitrogens with one attached hydrogen (secondary N) is 1. The third-order valence-corrected chi connectivity index (χ3v) is 5.65. The number of benzene rings is 2. The smallest absolute Gasteiger partial charge is 0.322 e. The standard InChI is InChI=1S/C25H32N2O5/c1-6-31-22-13-18-10-11-27(25(29)26-20-12-16(3)8-9-17(20)4)21(15-24(28)30-5)19(18)14-23(22)32-7-2/h8-9,12-14,21H,6-7,10-11,15H2,1-5H3,(H,26,29)/t21-/m1/s1. The Morgan fingerprint density at radius 2 is 1.75 bits per heavy atom. The highest BCUT2D eigenvalue weighted by molar-refractivity contribution is 5.91. The fraction of sp³-hybridized carbons (Fsp3) is 0.440. The Kier molecular flexibility index (Phi) is 7.62. The number of aryl methyl sites for hydroxylation is 2. The number of esters is 1. The van der Waals surface area contributed by atoms with E-state index in [0.717, 1.165) is 27.9 Å². The summed E-state index contributed by atoms with van der Waals surface area (Å²) in [4.78, 5) is 27.3. The van der Waals surface area contributed by atoms with Gasteiger partial charge in [0.15, 0.2) is 11.5 Å². The summed E-state index contributed by atoms with van der Waals surface area (Å²) in [5.74, 6) is 0.914. The Balaban J connectivity index is 1.97. The molecule has 0 saturated heterocycles. The van der Waals surface area contributed by atoms with Crippen molar-refractivity contribution in [2.75, 3.05) is 32.2 Å². The van der Waals surface area contributed by atoms with Crippen LogP contribution in [0.25, 0.3) is 0 Å². The highest BCUT2D eigenvalue weighted by Gasteiger charge is 2.34. The van der Waals surface area contributed by atoms with Crippen molar-refractivity contribution >= 4 is 17.7 Å². The van der Waals surface area contributed by atoms with Crippen molar-refractivity contribution < 1.29 is 23.8 Å². The van der Waals surface area contributed by atoms with Gasteiger partial charge in [-0.3, -0.25) is 4.79 Å². The van der Waals surface area contributed by atoms with Crippen molar-refractivity contribution in [1.82, 2.24) is 4.90 Å². The third kappa shape index (κ3) is 5.15. The molecule has 0 saturated carbocycles. The molecule has 0 radical (unpaired) electrons. The fourth-order valence-corrected chi connectivity index (χ4v) is 4.01. The average molecular weight is 441 g/mol. The predicted molar refractivity (Wildman–Crippen MR) is 123 cm³/mol. The van der Waals surface area contributed by atoms with Crippen LogP contribution in [0.15, 0.2) is 30.3 Å². The van der Waals surface area contributed by atoms with Gasteiger partial charge in [-0.15, -0.1) is 0 Å². The van der Waals surface area contributed by atoms with Crippen LogP contribution in [0.5, 0.6) is 11.5 Å². The van der Waals surface area contributed by atoms with E-state index < -0.39 is 6.04 Å². The van der Waals surface area contributed by atoms with Crippen molar-refractivity contribution in [3.8, 4) is 11.5 Å². The first kappa shape index (κ1) is 23.4. The van der Waals surface area contributed by atoms with E-state index in [0.29, 0.717) is 37.7 Å². The second-order valence-corrected chi connectivity index (χ2v) is 7.85. The average Bonchev–Trinajstić information content (AvgIpc) is 2.77. The van der Waals surface area contributed by atoms with E-state index in [1.165, 1.54) is 7.11 Å². The van der Waals surface area contributed by atoms with E-state index in [1.54, 1.807) is 4.90 Å². The monoisotopic (exact) mass is 440 g/mol. The SMILES string of the molecule is CCOc1cc2c(cc1OCC)[C@@H](CC(=O)OC)N(C(=O)Nc1cc(C)ccc1C)CC2. The molecule has 2 aromatic carbocycles. The van der Waals surface area contributed by atoms with E-state index in [-0.39, 0.29) is 18.4 Å². The fourth-order valence-electron chi connectivity index (χ4n) is 4.01. The highest BCUT2D eigenvalue weighted by atomic mass is 16.5. The first-order valence-corrected chi connectivity index (χ1v) is 11.0. The molecule has 7 heteroatoms. The van der Waals surface area contributed by atoms with Crippen LogP contribution in [-0.2, 0) is 16.0 Å². The first-order valence-electron chi connectivity index (χ1n) is 11.0. The van der Waals surface area contributed by atoms with E-state index >= 15 is 0 Å². The van der Waals surface area contributed by atoms with E-state index in [1.807, 2.05) is 58.0 Å². The van der Waals surface area contributed by atoms with Crippen LogP contribution in [0.4, 0.5) is 10.5 Å². The Morgan fingerprint density at radius 3 is 2.41 bits per heavy atom. The number of amides is 2. The number of methoxy groups -OCH3 is 1. The summed E-state index contributed by atoms with van der Waals surface area (Å²) in [5.41, 5.74) is 4.72. The zero-order valence-corrected chi connectivity index (χ0v) is 19.5. The lowest BCUT2D eigenvalue weighted by atomic mass is 9.90. The number of urea groups is 1. The summed E-state index contributed by atoms with van der Waals surface area (Å²) >= 11 is 0. The molecule has 3 rings (SSSR count). The number of nitrogens with zero attached hydrogens (tertiary/aromatic N) is 1. The molecule has 2 amide bonds. The van der Waals surface area contributed by atoms with Gasteiger partial charge >= 0.3 is 12.0 Å². The molecule has 7 nitrogen and oxygen atoms in total. The molecular formula is C25H32N2O5. The highest BCUT2D eigenvalue weighted by Crippen LogP contribution is 2.40. The van der Waals surface area contributed by atoms with Crippen LogP contribution in [-0.4, -0.2) is 43.8 Å². The first-order chi connectivity index (χ1) is 15.4. The molecule has 172 valence electrons. The number of hydrogen-bond donors (Lipinski definition) is 1.